The Balaban J connectivity index is 1.74. The molecule has 6 heteroatoms. The van der Waals surface area contributed by atoms with Crippen LogP contribution < -0.4 is 10.1 Å². The van der Waals surface area contributed by atoms with Crippen LogP contribution in [0.3, 0.4) is 0 Å². The number of ether oxygens (including phenoxy) is 3. The van der Waals surface area contributed by atoms with Gasteiger partial charge in [-0.2, -0.15) is 0 Å². The van der Waals surface area contributed by atoms with Gasteiger partial charge in [0.1, 0.15) is 5.54 Å². The molecule has 0 radical (unpaired) electrons. The molecule has 1 aliphatic heterocycles. The van der Waals surface area contributed by atoms with Crippen molar-refractivity contribution in [2.45, 2.75) is 71.6 Å². The molecule has 1 heterocycles. The smallest absolute Gasteiger partial charge is 0.173 e. The monoisotopic (exact) mass is 455 g/mol. The average molecular weight is 456 g/mol. The van der Waals surface area contributed by atoms with Crippen LogP contribution in [0.1, 0.15) is 56.2 Å². The summed E-state index contributed by atoms with van der Waals surface area (Å²) in [6.45, 7) is 9.24. The molecule has 2 aromatic carbocycles. The highest BCUT2D eigenvalue weighted by molar-refractivity contribution is 5.89. The lowest BCUT2D eigenvalue weighted by Gasteiger charge is -2.36. The van der Waals surface area contributed by atoms with Crippen molar-refractivity contribution in [2.24, 2.45) is 0 Å². The molecule has 33 heavy (non-hydrogen) atoms. The molecule has 5 nitrogen and oxygen atoms in total. The standard InChI is InChI=1S/C27H34FNO4/c1-5-32-26-18(3)17(2)14-24(25(26)28)23-9-6-21(15-20(23)16-33-22-7-8-22)29-27(19(4)30)10-12-31-13-11-27/h6,9,14-15,22,29H,5,7-8,10-13,16H2,1-4H3. The summed E-state index contributed by atoms with van der Waals surface area (Å²) in [4.78, 5) is 12.5. The van der Waals surface area contributed by atoms with Crippen molar-refractivity contribution in [1.29, 1.82) is 0 Å². The van der Waals surface area contributed by atoms with Crippen LogP contribution in [0.25, 0.3) is 11.1 Å². The van der Waals surface area contributed by atoms with Crippen molar-refractivity contribution in [2.75, 3.05) is 25.1 Å². The minimum absolute atomic E-state index is 0.104. The Morgan fingerprint density at radius 3 is 2.55 bits per heavy atom. The molecule has 178 valence electrons. The van der Waals surface area contributed by atoms with Gasteiger partial charge < -0.3 is 19.5 Å². The number of hydrogen-bond donors (Lipinski definition) is 1. The molecule has 0 amide bonds. The number of aryl methyl sites for hydroxylation is 1. The molecule has 1 saturated carbocycles. The highest BCUT2D eigenvalue weighted by Crippen LogP contribution is 2.38. The molecule has 0 spiro atoms. The average Bonchev–Trinajstić information content (AvgIpc) is 3.63. The molecule has 0 aromatic heterocycles. The number of carbonyl (C=O) groups excluding carboxylic acids is 1. The van der Waals surface area contributed by atoms with Gasteiger partial charge in [-0.05, 0) is 81.0 Å². The Hall–Kier alpha value is -2.44. The van der Waals surface area contributed by atoms with Crippen LogP contribution in [-0.2, 0) is 20.9 Å². The van der Waals surface area contributed by atoms with Gasteiger partial charge >= 0.3 is 0 Å². The summed E-state index contributed by atoms with van der Waals surface area (Å²) in [5.74, 6) is 0.0617. The largest absolute Gasteiger partial charge is 0.490 e. The zero-order valence-electron chi connectivity index (χ0n) is 20.1. The molecule has 1 aliphatic carbocycles. The summed E-state index contributed by atoms with van der Waals surface area (Å²) in [6.07, 6.45) is 3.65. The second kappa shape index (κ2) is 9.82. The molecule has 0 atom stereocenters. The fraction of sp³-hybridized carbons (Fsp3) is 0.519. The van der Waals surface area contributed by atoms with Crippen molar-refractivity contribution < 1.29 is 23.4 Å². The maximum Gasteiger partial charge on any atom is 0.173 e. The third kappa shape index (κ3) is 5.07. The maximum atomic E-state index is 15.6. The fourth-order valence-electron chi connectivity index (χ4n) is 4.42. The van der Waals surface area contributed by atoms with E-state index in [1.54, 1.807) is 6.92 Å². The summed E-state index contributed by atoms with van der Waals surface area (Å²) >= 11 is 0. The first kappa shape index (κ1) is 23.7. The van der Waals surface area contributed by atoms with Crippen molar-refractivity contribution in [3.05, 3.63) is 46.8 Å². The van der Waals surface area contributed by atoms with Crippen molar-refractivity contribution in [1.82, 2.24) is 0 Å². The topological polar surface area (TPSA) is 56.8 Å². The highest BCUT2D eigenvalue weighted by Gasteiger charge is 2.37. The molecular weight excluding hydrogens is 421 g/mol. The SMILES string of the molecule is CCOc1c(C)c(C)cc(-c2ccc(NC3(C(C)=O)CCOCC3)cc2COC2CC2)c1F. The second-order valence-corrected chi connectivity index (χ2v) is 9.20. The van der Waals surface area contributed by atoms with Crippen molar-refractivity contribution in [3.8, 4) is 16.9 Å². The van der Waals surface area contributed by atoms with E-state index in [4.69, 9.17) is 14.2 Å². The van der Waals surface area contributed by atoms with Crippen LogP contribution >= 0.6 is 0 Å². The van der Waals surface area contributed by atoms with Crippen molar-refractivity contribution >= 4 is 11.5 Å². The highest BCUT2D eigenvalue weighted by atomic mass is 19.1. The molecule has 1 N–H and O–H groups in total. The number of halogens is 1. The molecule has 0 unspecified atom stereocenters. The molecular formula is C27H34FNO4. The van der Waals surface area contributed by atoms with Crippen LogP contribution in [-0.4, -0.2) is 37.2 Å². The number of benzene rings is 2. The lowest BCUT2D eigenvalue weighted by atomic mass is 9.85. The molecule has 0 bridgehead atoms. The van der Waals surface area contributed by atoms with E-state index >= 15 is 4.39 Å². The van der Waals surface area contributed by atoms with E-state index < -0.39 is 5.54 Å². The predicted octanol–water partition coefficient (Wildman–Crippen LogP) is 5.74. The normalized spacial score (nSPS) is 17.6. The van der Waals surface area contributed by atoms with E-state index in [1.165, 1.54) is 0 Å². The van der Waals surface area contributed by atoms with Gasteiger partial charge in [0, 0.05) is 37.3 Å². The summed E-state index contributed by atoms with van der Waals surface area (Å²) in [5, 5.41) is 3.48. The van der Waals surface area contributed by atoms with Crippen LogP contribution in [0.15, 0.2) is 24.3 Å². The van der Waals surface area contributed by atoms with E-state index in [0.717, 1.165) is 40.8 Å². The Labute approximate surface area is 195 Å². The Morgan fingerprint density at radius 1 is 1.18 bits per heavy atom. The van der Waals surface area contributed by atoms with Crippen molar-refractivity contribution in [3.63, 3.8) is 0 Å². The minimum Gasteiger partial charge on any atom is -0.490 e. The number of rotatable bonds is 9. The van der Waals surface area contributed by atoms with Gasteiger partial charge in [0.15, 0.2) is 17.3 Å². The number of hydrogen-bond acceptors (Lipinski definition) is 5. The number of anilines is 1. The minimum atomic E-state index is -0.637. The first-order chi connectivity index (χ1) is 15.8. The van der Waals surface area contributed by atoms with E-state index in [1.807, 2.05) is 45.0 Å². The molecule has 4 rings (SSSR count). The van der Waals surface area contributed by atoms with Gasteiger partial charge in [0.25, 0.3) is 0 Å². The van der Waals surface area contributed by atoms with E-state index in [2.05, 4.69) is 5.32 Å². The molecule has 2 fully saturated rings. The Morgan fingerprint density at radius 2 is 1.91 bits per heavy atom. The number of ketones is 1. The Kier molecular flexibility index (Phi) is 7.05. The van der Waals surface area contributed by atoms with Gasteiger partial charge in [-0.25, -0.2) is 4.39 Å². The van der Waals surface area contributed by atoms with E-state index in [9.17, 15) is 4.79 Å². The fourth-order valence-corrected chi connectivity index (χ4v) is 4.42. The van der Waals surface area contributed by atoms with E-state index in [-0.39, 0.29) is 17.7 Å². The summed E-state index contributed by atoms with van der Waals surface area (Å²) < 4.78 is 32.7. The third-order valence-corrected chi connectivity index (χ3v) is 6.82. The quantitative estimate of drug-likeness (QED) is 0.523. The van der Waals surface area contributed by atoms with Crippen LogP contribution in [0, 0.1) is 19.7 Å². The van der Waals surface area contributed by atoms with Gasteiger partial charge in [-0.3, -0.25) is 4.79 Å². The summed E-state index contributed by atoms with van der Waals surface area (Å²) in [7, 11) is 0. The molecule has 2 aromatic rings. The lowest BCUT2D eigenvalue weighted by molar-refractivity contribution is -0.124. The number of nitrogens with one attached hydrogen (secondary N) is 1. The van der Waals surface area contributed by atoms with Gasteiger partial charge in [0.2, 0.25) is 0 Å². The first-order valence-electron chi connectivity index (χ1n) is 11.9. The summed E-state index contributed by atoms with van der Waals surface area (Å²) in [6, 6.07) is 7.72. The Bertz CT molecular complexity index is 1030. The molecule has 2 aliphatic rings. The lowest BCUT2D eigenvalue weighted by Crippen LogP contribution is -2.49. The zero-order chi connectivity index (χ0) is 23.6. The maximum absolute atomic E-state index is 15.6. The zero-order valence-corrected chi connectivity index (χ0v) is 20.1. The second-order valence-electron chi connectivity index (χ2n) is 9.20. The number of Topliss-reactive ketones (excluding diaryl/α,β-unsaturated/α-hetero) is 1. The van der Waals surface area contributed by atoms with Gasteiger partial charge in [0.05, 0.1) is 19.3 Å². The third-order valence-electron chi connectivity index (χ3n) is 6.82. The van der Waals surface area contributed by atoms with Gasteiger partial charge in [-0.15, -0.1) is 0 Å². The predicted molar refractivity (Wildman–Crippen MR) is 127 cm³/mol. The van der Waals surface area contributed by atoms with Gasteiger partial charge in [-0.1, -0.05) is 6.07 Å². The van der Waals surface area contributed by atoms with Crippen LogP contribution in [0.5, 0.6) is 5.75 Å². The van der Waals surface area contributed by atoms with Crippen LogP contribution in [0.2, 0.25) is 0 Å². The van der Waals surface area contributed by atoms with E-state index in [0.29, 0.717) is 50.6 Å². The number of carbonyl (C=O) groups is 1. The molecule has 1 saturated heterocycles. The summed E-state index contributed by atoms with van der Waals surface area (Å²) in [5.41, 5.74) is 4.17. The first-order valence-corrected chi connectivity index (χ1v) is 11.9. The van der Waals surface area contributed by atoms with Crippen LogP contribution in [0.4, 0.5) is 10.1 Å².